The van der Waals surface area contributed by atoms with Crippen LogP contribution < -0.4 is 10.1 Å². The van der Waals surface area contributed by atoms with Gasteiger partial charge in [0.25, 0.3) is 5.91 Å². The molecule has 0 aliphatic rings. The Hall–Kier alpha value is -3.02. The number of carbonyl (C=O) groups is 1. The van der Waals surface area contributed by atoms with E-state index in [0.717, 1.165) is 11.5 Å². The topological polar surface area (TPSA) is 80.1 Å². The molecule has 0 saturated carbocycles. The molecule has 0 atom stereocenters. The smallest absolute Gasteiger partial charge is 0.276 e. The van der Waals surface area contributed by atoms with Crippen LogP contribution in [0.15, 0.2) is 46.9 Å². The van der Waals surface area contributed by atoms with Crippen LogP contribution in [-0.4, -0.2) is 22.7 Å². The molecule has 1 amide bonds. The Morgan fingerprint density at radius 1 is 1.26 bits per heavy atom. The Balaban J connectivity index is 1.70. The van der Waals surface area contributed by atoms with Crippen LogP contribution in [0.1, 0.15) is 23.2 Å². The number of furan rings is 1. The number of H-pyrrole nitrogens is 1. The van der Waals surface area contributed by atoms with Crippen molar-refractivity contribution < 1.29 is 13.9 Å². The van der Waals surface area contributed by atoms with Gasteiger partial charge in [-0.1, -0.05) is 0 Å². The zero-order chi connectivity index (χ0) is 16.2. The van der Waals surface area contributed by atoms with Crippen LogP contribution >= 0.6 is 0 Å². The molecule has 0 unspecified atom stereocenters. The average Bonchev–Trinajstić information content (AvgIpc) is 3.18. The number of hydrogen-bond donors (Lipinski definition) is 2. The highest BCUT2D eigenvalue weighted by molar-refractivity contribution is 6.03. The Kier molecular flexibility index (Phi) is 4.14. The number of hydrogen-bond acceptors (Lipinski definition) is 4. The Morgan fingerprint density at radius 3 is 2.70 bits per heavy atom. The number of ether oxygens (including phenoxy) is 1. The highest BCUT2D eigenvalue weighted by Crippen LogP contribution is 2.21. The van der Waals surface area contributed by atoms with Gasteiger partial charge in [-0.15, -0.1) is 0 Å². The lowest BCUT2D eigenvalue weighted by molar-refractivity contribution is 0.102. The summed E-state index contributed by atoms with van der Waals surface area (Å²) in [5.41, 5.74) is 1.63. The third kappa shape index (κ3) is 3.42. The molecule has 0 radical (unpaired) electrons. The molecule has 6 heteroatoms. The lowest BCUT2D eigenvalue weighted by Crippen LogP contribution is -2.12. The van der Waals surface area contributed by atoms with Crippen LogP contribution in [0.25, 0.3) is 11.5 Å². The first-order valence-corrected chi connectivity index (χ1v) is 7.32. The van der Waals surface area contributed by atoms with E-state index in [4.69, 9.17) is 9.15 Å². The second kappa shape index (κ2) is 6.39. The fourth-order valence-corrected chi connectivity index (χ4v) is 2.14. The molecule has 23 heavy (non-hydrogen) atoms. The van der Waals surface area contributed by atoms with Gasteiger partial charge in [0, 0.05) is 11.8 Å². The van der Waals surface area contributed by atoms with E-state index >= 15 is 0 Å². The number of aromatic amines is 1. The highest BCUT2D eigenvalue weighted by atomic mass is 16.5. The maximum atomic E-state index is 12.2. The monoisotopic (exact) mass is 311 g/mol. The molecule has 6 nitrogen and oxygen atoms in total. The predicted octanol–water partition coefficient (Wildman–Crippen LogP) is 3.63. The van der Waals surface area contributed by atoms with Crippen molar-refractivity contribution >= 4 is 11.6 Å². The van der Waals surface area contributed by atoms with Crippen molar-refractivity contribution in [3.05, 3.63) is 53.9 Å². The van der Waals surface area contributed by atoms with Crippen molar-refractivity contribution in [2.45, 2.75) is 13.8 Å². The van der Waals surface area contributed by atoms with Crippen LogP contribution in [0.3, 0.4) is 0 Å². The summed E-state index contributed by atoms with van der Waals surface area (Å²) in [6.07, 6.45) is 0. The van der Waals surface area contributed by atoms with Gasteiger partial charge in [-0.05, 0) is 50.2 Å². The summed E-state index contributed by atoms with van der Waals surface area (Å²) in [5, 5.41) is 9.62. The number of carbonyl (C=O) groups excluding carboxylic acids is 1. The van der Waals surface area contributed by atoms with Crippen molar-refractivity contribution in [1.29, 1.82) is 0 Å². The molecule has 2 heterocycles. The van der Waals surface area contributed by atoms with Gasteiger partial charge < -0.3 is 14.5 Å². The molecule has 118 valence electrons. The minimum Gasteiger partial charge on any atom is -0.494 e. The molecule has 1 aromatic carbocycles. The summed E-state index contributed by atoms with van der Waals surface area (Å²) in [6.45, 7) is 4.39. The van der Waals surface area contributed by atoms with Crippen LogP contribution in [-0.2, 0) is 0 Å². The number of aromatic nitrogens is 2. The summed E-state index contributed by atoms with van der Waals surface area (Å²) in [5.74, 6) is 1.92. The first-order valence-electron chi connectivity index (χ1n) is 7.32. The molecule has 3 aromatic rings. The normalized spacial score (nSPS) is 10.5. The fourth-order valence-electron chi connectivity index (χ4n) is 2.14. The molecule has 2 N–H and O–H groups in total. The zero-order valence-corrected chi connectivity index (χ0v) is 12.9. The van der Waals surface area contributed by atoms with Crippen molar-refractivity contribution in [1.82, 2.24) is 10.2 Å². The summed E-state index contributed by atoms with van der Waals surface area (Å²) < 4.78 is 10.9. The lowest BCUT2D eigenvalue weighted by atomic mass is 10.2. The number of anilines is 1. The summed E-state index contributed by atoms with van der Waals surface area (Å²) >= 11 is 0. The van der Waals surface area contributed by atoms with E-state index in [0.29, 0.717) is 29.4 Å². The molecule has 3 rings (SSSR count). The van der Waals surface area contributed by atoms with E-state index in [1.165, 1.54) is 0 Å². The molecule has 0 aliphatic carbocycles. The van der Waals surface area contributed by atoms with Crippen LogP contribution in [0.5, 0.6) is 5.75 Å². The highest BCUT2D eigenvalue weighted by Gasteiger charge is 2.13. The standard InChI is InChI=1S/C17H17N3O3/c1-3-22-13-7-5-12(6-8-13)18-17(21)15-10-14(19-20-15)16-9-4-11(2)23-16/h4-10H,3H2,1-2H3,(H,18,21)(H,19,20). The van der Waals surface area contributed by atoms with Gasteiger partial charge in [-0.25, -0.2) is 0 Å². The van der Waals surface area contributed by atoms with Crippen molar-refractivity contribution in [3.63, 3.8) is 0 Å². The van der Waals surface area contributed by atoms with Gasteiger partial charge in [0.2, 0.25) is 0 Å². The van der Waals surface area contributed by atoms with Crippen LogP contribution in [0.2, 0.25) is 0 Å². The third-order valence-corrected chi connectivity index (χ3v) is 3.24. The number of aryl methyl sites for hydroxylation is 1. The van der Waals surface area contributed by atoms with E-state index in [2.05, 4.69) is 15.5 Å². The van der Waals surface area contributed by atoms with E-state index in [9.17, 15) is 4.79 Å². The zero-order valence-electron chi connectivity index (χ0n) is 12.9. The molecule has 0 bridgehead atoms. The molecular formula is C17H17N3O3. The molecule has 2 aromatic heterocycles. The lowest BCUT2D eigenvalue weighted by Gasteiger charge is -2.05. The Labute approximate surface area is 133 Å². The van der Waals surface area contributed by atoms with Crippen molar-refractivity contribution in [2.75, 3.05) is 11.9 Å². The number of nitrogens with one attached hydrogen (secondary N) is 2. The Morgan fingerprint density at radius 2 is 2.04 bits per heavy atom. The maximum Gasteiger partial charge on any atom is 0.276 e. The van der Waals surface area contributed by atoms with Gasteiger partial charge in [0.1, 0.15) is 17.2 Å². The largest absolute Gasteiger partial charge is 0.494 e. The first-order chi connectivity index (χ1) is 11.2. The van der Waals surface area contributed by atoms with Crippen molar-refractivity contribution in [2.24, 2.45) is 0 Å². The van der Waals surface area contributed by atoms with Crippen molar-refractivity contribution in [3.8, 4) is 17.2 Å². The minimum atomic E-state index is -0.292. The molecular weight excluding hydrogens is 294 g/mol. The summed E-state index contributed by atoms with van der Waals surface area (Å²) in [7, 11) is 0. The summed E-state index contributed by atoms with van der Waals surface area (Å²) in [4.78, 5) is 12.2. The minimum absolute atomic E-state index is 0.292. The van der Waals surface area contributed by atoms with Gasteiger partial charge in [0.15, 0.2) is 11.5 Å². The van der Waals surface area contributed by atoms with Gasteiger partial charge in [-0.2, -0.15) is 5.10 Å². The average molecular weight is 311 g/mol. The number of rotatable bonds is 5. The molecule has 0 fully saturated rings. The number of benzene rings is 1. The van der Waals surface area contributed by atoms with Crippen LogP contribution in [0, 0.1) is 6.92 Å². The number of nitrogens with zero attached hydrogens (tertiary/aromatic N) is 1. The second-order valence-corrected chi connectivity index (χ2v) is 4.99. The van der Waals surface area contributed by atoms with Crippen LogP contribution in [0.4, 0.5) is 5.69 Å². The first kappa shape index (κ1) is 14.9. The Bertz CT molecular complexity index is 803. The maximum absolute atomic E-state index is 12.2. The quantitative estimate of drug-likeness (QED) is 0.754. The van der Waals surface area contributed by atoms with E-state index in [-0.39, 0.29) is 5.91 Å². The van der Waals surface area contributed by atoms with Gasteiger partial charge >= 0.3 is 0 Å². The third-order valence-electron chi connectivity index (χ3n) is 3.24. The summed E-state index contributed by atoms with van der Waals surface area (Å²) in [6, 6.07) is 12.5. The van der Waals surface area contributed by atoms with Gasteiger partial charge in [0.05, 0.1) is 6.61 Å². The SMILES string of the molecule is CCOc1ccc(NC(=O)c2cc(-c3ccc(C)o3)[nH]n2)cc1. The number of amides is 1. The van der Waals surface area contributed by atoms with E-state index in [1.54, 1.807) is 30.3 Å². The van der Waals surface area contributed by atoms with E-state index in [1.807, 2.05) is 26.0 Å². The molecule has 0 aliphatic heterocycles. The van der Waals surface area contributed by atoms with Gasteiger partial charge in [-0.3, -0.25) is 9.89 Å². The van der Waals surface area contributed by atoms with E-state index < -0.39 is 0 Å². The second-order valence-electron chi connectivity index (χ2n) is 4.99. The fraction of sp³-hybridized carbons (Fsp3) is 0.176. The molecule has 0 saturated heterocycles. The predicted molar refractivity (Wildman–Crippen MR) is 86.6 cm³/mol. The molecule has 0 spiro atoms.